The van der Waals surface area contributed by atoms with Crippen molar-refractivity contribution in [1.29, 1.82) is 0 Å². The highest BCUT2D eigenvalue weighted by Gasteiger charge is 2.27. The number of halogens is 2. The standard InChI is InChI=1S/C21H21F2N3O/c22-17-7-3-8-18(23)20(17)16-11-24-25-21(16)15-6-4-10-26(13-15)12-14-5-1-2-9-19(14)27/h1-3,5,7-9,11,15,27H,4,6,10,12-13H2,(H,24,25)/t15-/m0/s1. The van der Waals surface area contributed by atoms with Crippen molar-refractivity contribution in [2.24, 2.45) is 0 Å². The normalized spacial score (nSPS) is 17.9. The second-order valence-electron chi connectivity index (χ2n) is 7.00. The average molecular weight is 369 g/mol. The van der Waals surface area contributed by atoms with Crippen molar-refractivity contribution in [3.05, 3.63) is 71.6 Å². The molecule has 0 saturated carbocycles. The monoisotopic (exact) mass is 369 g/mol. The summed E-state index contributed by atoms with van der Waals surface area (Å²) < 4.78 is 28.5. The molecule has 27 heavy (non-hydrogen) atoms. The molecule has 1 aliphatic rings. The largest absolute Gasteiger partial charge is 0.508 e. The molecule has 3 aromatic rings. The SMILES string of the molecule is Oc1ccccc1CN1CCC[C@H](c2[nH]ncc2-c2c(F)cccc2F)C1. The van der Waals surface area contributed by atoms with Crippen LogP contribution in [0.4, 0.5) is 8.78 Å². The van der Waals surface area contributed by atoms with E-state index in [1.54, 1.807) is 12.1 Å². The summed E-state index contributed by atoms with van der Waals surface area (Å²) in [4.78, 5) is 2.26. The van der Waals surface area contributed by atoms with Gasteiger partial charge in [-0.2, -0.15) is 5.10 Å². The van der Waals surface area contributed by atoms with Crippen molar-refractivity contribution in [3.63, 3.8) is 0 Å². The van der Waals surface area contributed by atoms with Gasteiger partial charge in [-0.1, -0.05) is 24.3 Å². The quantitative estimate of drug-likeness (QED) is 0.715. The molecule has 1 aromatic heterocycles. The van der Waals surface area contributed by atoms with Gasteiger partial charge in [-0.3, -0.25) is 10.00 Å². The molecule has 0 unspecified atom stereocenters. The Balaban J connectivity index is 1.58. The van der Waals surface area contributed by atoms with Crippen LogP contribution in [0.5, 0.6) is 5.75 Å². The first kappa shape index (κ1) is 17.7. The first-order valence-electron chi connectivity index (χ1n) is 9.10. The van der Waals surface area contributed by atoms with Crippen LogP contribution in [0.1, 0.15) is 30.0 Å². The number of phenols is 1. The third-order valence-electron chi connectivity index (χ3n) is 5.20. The second kappa shape index (κ2) is 7.48. The number of H-pyrrole nitrogens is 1. The molecule has 2 N–H and O–H groups in total. The lowest BCUT2D eigenvalue weighted by Gasteiger charge is -2.32. The van der Waals surface area contributed by atoms with E-state index in [2.05, 4.69) is 15.1 Å². The maximum atomic E-state index is 14.2. The van der Waals surface area contributed by atoms with E-state index >= 15 is 0 Å². The van der Waals surface area contributed by atoms with E-state index in [0.717, 1.165) is 37.2 Å². The van der Waals surface area contributed by atoms with Crippen molar-refractivity contribution in [2.75, 3.05) is 13.1 Å². The summed E-state index contributed by atoms with van der Waals surface area (Å²) in [6.07, 6.45) is 3.39. The van der Waals surface area contributed by atoms with E-state index in [1.807, 2.05) is 12.1 Å². The number of nitrogens with one attached hydrogen (secondary N) is 1. The number of nitrogens with zero attached hydrogens (tertiary/aromatic N) is 2. The van der Waals surface area contributed by atoms with E-state index in [-0.39, 0.29) is 17.2 Å². The Labute approximate surface area is 156 Å². The summed E-state index contributed by atoms with van der Waals surface area (Å²) in [6.45, 7) is 2.29. The molecular weight excluding hydrogens is 348 g/mol. The van der Waals surface area contributed by atoms with Gasteiger partial charge in [0, 0.05) is 35.8 Å². The predicted molar refractivity (Wildman–Crippen MR) is 99.3 cm³/mol. The zero-order chi connectivity index (χ0) is 18.8. The number of likely N-dealkylation sites (tertiary alicyclic amines) is 1. The summed E-state index contributed by atoms with van der Waals surface area (Å²) in [6, 6.07) is 11.2. The predicted octanol–water partition coefficient (Wildman–Crippen LogP) is 4.44. The number of aromatic nitrogens is 2. The van der Waals surface area contributed by atoms with Crippen molar-refractivity contribution in [2.45, 2.75) is 25.3 Å². The van der Waals surface area contributed by atoms with E-state index < -0.39 is 11.6 Å². The molecule has 0 radical (unpaired) electrons. The van der Waals surface area contributed by atoms with Gasteiger partial charge in [-0.25, -0.2) is 8.78 Å². The molecule has 1 aliphatic heterocycles. The Bertz CT molecular complexity index is 920. The zero-order valence-electron chi connectivity index (χ0n) is 14.8. The van der Waals surface area contributed by atoms with Gasteiger partial charge >= 0.3 is 0 Å². The summed E-state index contributed by atoms with van der Waals surface area (Å²) in [5.74, 6) is -0.782. The molecule has 4 rings (SSSR count). The van der Waals surface area contributed by atoms with E-state index in [1.165, 1.54) is 24.4 Å². The number of piperidine rings is 1. The van der Waals surface area contributed by atoms with Crippen molar-refractivity contribution in [1.82, 2.24) is 15.1 Å². The van der Waals surface area contributed by atoms with Gasteiger partial charge in [0.15, 0.2) is 0 Å². The molecule has 0 spiro atoms. The van der Waals surface area contributed by atoms with Gasteiger partial charge in [0.2, 0.25) is 0 Å². The van der Waals surface area contributed by atoms with Crippen LogP contribution in [-0.2, 0) is 6.54 Å². The number of aromatic hydroxyl groups is 1. The minimum Gasteiger partial charge on any atom is -0.508 e. The van der Waals surface area contributed by atoms with Gasteiger partial charge in [-0.05, 0) is 37.6 Å². The number of aromatic amines is 1. The maximum Gasteiger partial charge on any atom is 0.134 e. The molecule has 0 aliphatic carbocycles. The highest BCUT2D eigenvalue weighted by molar-refractivity contribution is 5.67. The third kappa shape index (κ3) is 3.57. The molecule has 0 amide bonds. The minimum atomic E-state index is -0.584. The highest BCUT2D eigenvalue weighted by atomic mass is 19.1. The number of hydrogen-bond acceptors (Lipinski definition) is 3. The Morgan fingerprint density at radius 2 is 1.89 bits per heavy atom. The lowest BCUT2D eigenvalue weighted by atomic mass is 9.90. The number of phenolic OH excluding ortho intramolecular Hbond substituents is 1. The average Bonchev–Trinajstić information content (AvgIpc) is 3.13. The fourth-order valence-electron chi connectivity index (χ4n) is 3.88. The van der Waals surface area contributed by atoms with Crippen LogP contribution in [0, 0.1) is 11.6 Å². The second-order valence-corrected chi connectivity index (χ2v) is 7.00. The molecular formula is C21H21F2N3O. The minimum absolute atomic E-state index is 0.0286. The van der Waals surface area contributed by atoms with Gasteiger partial charge < -0.3 is 5.11 Å². The number of hydrogen-bond donors (Lipinski definition) is 2. The zero-order valence-corrected chi connectivity index (χ0v) is 14.8. The first-order chi connectivity index (χ1) is 13.1. The molecule has 140 valence electrons. The summed E-state index contributed by atoms with van der Waals surface area (Å²) in [5, 5.41) is 17.0. The topological polar surface area (TPSA) is 52.1 Å². The summed E-state index contributed by atoms with van der Waals surface area (Å²) in [5.41, 5.74) is 2.10. The Morgan fingerprint density at radius 3 is 2.67 bits per heavy atom. The Morgan fingerprint density at radius 1 is 1.11 bits per heavy atom. The molecule has 4 nitrogen and oxygen atoms in total. The van der Waals surface area contributed by atoms with Crippen LogP contribution in [0.15, 0.2) is 48.7 Å². The van der Waals surface area contributed by atoms with E-state index in [4.69, 9.17) is 0 Å². The smallest absolute Gasteiger partial charge is 0.134 e. The van der Waals surface area contributed by atoms with Crippen molar-refractivity contribution < 1.29 is 13.9 Å². The Hall–Kier alpha value is -2.73. The summed E-state index contributed by atoms with van der Waals surface area (Å²) >= 11 is 0. The van der Waals surface area contributed by atoms with Crippen LogP contribution in [0.2, 0.25) is 0 Å². The van der Waals surface area contributed by atoms with Crippen LogP contribution in [0.3, 0.4) is 0 Å². The lowest BCUT2D eigenvalue weighted by Crippen LogP contribution is -2.34. The molecule has 0 bridgehead atoms. The molecule has 6 heteroatoms. The third-order valence-corrected chi connectivity index (χ3v) is 5.20. The fourth-order valence-corrected chi connectivity index (χ4v) is 3.88. The van der Waals surface area contributed by atoms with Crippen LogP contribution in [0.25, 0.3) is 11.1 Å². The van der Waals surface area contributed by atoms with Gasteiger partial charge in [0.25, 0.3) is 0 Å². The van der Waals surface area contributed by atoms with Crippen molar-refractivity contribution >= 4 is 0 Å². The molecule has 1 fully saturated rings. The van der Waals surface area contributed by atoms with Crippen molar-refractivity contribution in [3.8, 4) is 16.9 Å². The van der Waals surface area contributed by atoms with Gasteiger partial charge in [0.1, 0.15) is 17.4 Å². The fraction of sp³-hybridized carbons (Fsp3) is 0.286. The first-order valence-corrected chi connectivity index (χ1v) is 9.10. The van der Waals surface area contributed by atoms with Gasteiger partial charge in [-0.15, -0.1) is 0 Å². The maximum absolute atomic E-state index is 14.2. The van der Waals surface area contributed by atoms with E-state index in [0.29, 0.717) is 12.1 Å². The highest BCUT2D eigenvalue weighted by Crippen LogP contribution is 2.36. The van der Waals surface area contributed by atoms with Crippen LogP contribution < -0.4 is 0 Å². The summed E-state index contributed by atoms with van der Waals surface area (Å²) in [7, 11) is 0. The van der Waals surface area contributed by atoms with Gasteiger partial charge in [0.05, 0.1) is 11.8 Å². The Kier molecular flexibility index (Phi) is 4.90. The number of benzene rings is 2. The molecule has 1 atom stereocenters. The van der Waals surface area contributed by atoms with Crippen LogP contribution >= 0.6 is 0 Å². The van der Waals surface area contributed by atoms with E-state index in [9.17, 15) is 13.9 Å². The molecule has 2 heterocycles. The number of rotatable bonds is 4. The molecule has 2 aromatic carbocycles. The lowest BCUT2D eigenvalue weighted by molar-refractivity contribution is 0.197. The molecule has 1 saturated heterocycles. The van der Waals surface area contributed by atoms with Crippen LogP contribution in [-0.4, -0.2) is 33.3 Å². The number of para-hydroxylation sites is 1.